The first-order chi connectivity index (χ1) is 9.04. The van der Waals surface area contributed by atoms with Crippen LogP contribution in [-0.2, 0) is 12.8 Å². The topological polar surface area (TPSA) is 26.0 Å². The summed E-state index contributed by atoms with van der Waals surface area (Å²) in [4.78, 5) is 0. The number of benzene rings is 2. The van der Waals surface area contributed by atoms with Gasteiger partial charge in [-0.25, -0.2) is 8.78 Å². The Balaban J connectivity index is 2.03. The summed E-state index contributed by atoms with van der Waals surface area (Å²) in [6, 6.07) is 11.0. The van der Waals surface area contributed by atoms with Crippen molar-refractivity contribution in [2.45, 2.75) is 18.9 Å². The maximum Gasteiger partial charge on any atom is 0.127 e. The number of nitrogens with two attached hydrogens (primary N) is 1. The molecule has 0 saturated carbocycles. The van der Waals surface area contributed by atoms with Gasteiger partial charge in [0.1, 0.15) is 11.6 Å². The van der Waals surface area contributed by atoms with Gasteiger partial charge in [-0.3, -0.25) is 0 Å². The minimum atomic E-state index is -0.278. The van der Waals surface area contributed by atoms with Crippen LogP contribution in [0, 0.1) is 11.6 Å². The smallest absolute Gasteiger partial charge is 0.127 e. The van der Waals surface area contributed by atoms with Gasteiger partial charge in [-0.15, -0.1) is 0 Å². The number of hydrogen-bond donors (Lipinski definition) is 1. The molecule has 0 amide bonds. The summed E-state index contributed by atoms with van der Waals surface area (Å²) in [6.07, 6.45) is 0.947. The molecule has 0 aliphatic heterocycles. The van der Waals surface area contributed by atoms with E-state index in [0.29, 0.717) is 22.9 Å². The Morgan fingerprint density at radius 2 is 1.84 bits per heavy atom. The maximum absolute atomic E-state index is 13.7. The van der Waals surface area contributed by atoms with Gasteiger partial charge in [-0.2, -0.15) is 0 Å². The van der Waals surface area contributed by atoms with Crippen molar-refractivity contribution in [1.82, 2.24) is 0 Å². The second-order valence-electron chi connectivity index (χ2n) is 4.53. The molecule has 2 N–H and O–H groups in total. The molecule has 4 heteroatoms. The Bertz CT molecular complexity index is 572. The van der Waals surface area contributed by atoms with E-state index in [2.05, 4.69) is 15.9 Å². The van der Waals surface area contributed by atoms with Gasteiger partial charge in [0.15, 0.2) is 0 Å². The lowest BCUT2D eigenvalue weighted by Crippen LogP contribution is -2.26. The fraction of sp³-hybridized carbons (Fsp3) is 0.200. The average Bonchev–Trinajstić information content (AvgIpc) is 2.33. The van der Waals surface area contributed by atoms with E-state index in [1.54, 1.807) is 18.2 Å². The predicted molar refractivity (Wildman–Crippen MR) is 75.9 cm³/mol. The SMILES string of the molecule is NC(Cc1cccc(F)c1)Cc1ccc(Br)cc1F. The summed E-state index contributed by atoms with van der Waals surface area (Å²) in [7, 11) is 0. The molecular formula is C15H14BrF2N. The second kappa shape index (κ2) is 6.26. The van der Waals surface area contributed by atoms with Crippen LogP contribution in [0.3, 0.4) is 0 Å². The Labute approximate surface area is 119 Å². The second-order valence-corrected chi connectivity index (χ2v) is 5.45. The van der Waals surface area contributed by atoms with Crippen LogP contribution < -0.4 is 5.73 Å². The lowest BCUT2D eigenvalue weighted by molar-refractivity contribution is 0.581. The van der Waals surface area contributed by atoms with Crippen molar-refractivity contribution in [2.75, 3.05) is 0 Å². The van der Waals surface area contributed by atoms with Crippen LogP contribution in [0.15, 0.2) is 46.9 Å². The fourth-order valence-corrected chi connectivity index (χ4v) is 2.34. The lowest BCUT2D eigenvalue weighted by atomic mass is 9.99. The van der Waals surface area contributed by atoms with Gasteiger partial charge in [0.05, 0.1) is 0 Å². The lowest BCUT2D eigenvalue weighted by Gasteiger charge is -2.12. The van der Waals surface area contributed by atoms with Crippen molar-refractivity contribution in [2.24, 2.45) is 5.73 Å². The van der Waals surface area contributed by atoms with Gasteiger partial charge >= 0.3 is 0 Å². The van der Waals surface area contributed by atoms with Crippen LogP contribution in [0.4, 0.5) is 8.78 Å². The van der Waals surface area contributed by atoms with Gasteiger partial charge in [0.25, 0.3) is 0 Å². The fourth-order valence-electron chi connectivity index (χ4n) is 2.01. The summed E-state index contributed by atoms with van der Waals surface area (Å²) < 4.78 is 27.4. The zero-order chi connectivity index (χ0) is 13.8. The molecule has 0 aromatic heterocycles. The van der Waals surface area contributed by atoms with E-state index in [4.69, 9.17) is 5.73 Å². The normalized spacial score (nSPS) is 12.4. The van der Waals surface area contributed by atoms with E-state index in [0.717, 1.165) is 5.56 Å². The molecule has 19 heavy (non-hydrogen) atoms. The highest BCUT2D eigenvalue weighted by molar-refractivity contribution is 9.10. The Kier molecular flexibility index (Phi) is 4.66. The van der Waals surface area contributed by atoms with Crippen molar-refractivity contribution in [3.8, 4) is 0 Å². The van der Waals surface area contributed by atoms with Crippen molar-refractivity contribution in [1.29, 1.82) is 0 Å². The maximum atomic E-state index is 13.7. The molecule has 0 aliphatic rings. The molecule has 1 nitrogen and oxygen atoms in total. The van der Waals surface area contributed by atoms with Crippen LogP contribution in [0.2, 0.25) is 0 Å². The first kappa shape index (κ1) is 14.2. The largest absolute Gasteiger partial charge is 0.327 e. The van der Waals surface area contributed by atoms with E-state index in [9.17, 15) is 8.78 Å². The van der Waals surface area contributed by atoms with Crippen molar-refractivity contribution in [3.05, 3.63) is 69.7 Å². The molecular weight excluding hydrogens is 312 g/mol. The van der Waals surface area contributed by atoms with Crippen LogP contribution in [0.25, 0.3) is 0 Å². The van der Waals surface area contributed by atoms with Crippen LogP contribution in [0.1, 0.15) is 11.1 Å². The highest BCUT2D eigenvalue weighted by Crippen LogP contribution is 2.17. The van der Waals surface area contributed by atoms with E-state index in [1.807, 2.05) is 6.07 Å². The van der Waals surface area contributed by atoms with Crippen LogP contribution in [-0.4, -0.2) is 6.04 Å². The average molecular weight is 326 g/mol. The summed E-state index contributed by atoms with van der Waals surface area (Å²) in [5, 5.41) is 0. The zero-order valence-electron chi connectivity index (χ0n) is 10.2. The molecule has 1 unspecified atom stereocenters. The summed E-state index contributed by atoms with van der Waals surface area (Å²) >= 11 is 3.21. The number of halogens is 3. The van der Waals surface area contributed by atoms with Crippen LogP contribution >= 0.6 is 15.9 Å². The number of hydrogen-bond acceptors (Lipinski definition) is 1. The molecule has 2 rings (SSSR count). The Hall–Kier alpha value is -1.26. The van der Waals surface area contributed by atoms with E-state index >= 15 is 0 Å². The van der Waals surface area contributed by atoms with E-state index in [1.165, 1.54) is 18.2 Å². The first-order valence-electron chi connectivity index (χ1n) is 5.98. The van der Waals surface area contributed by atoms with Gasteiger partial charge in [0, 0.05) is 10.5 Å². The molecule has 2 aromatic rings. The molecule has 0 spiro atoms. The highest BCUT2D eigenvalue weighted by atomic mass is 79.9. The molecule has 2 aromatic carbocycles. The minimum absolute atomic E-state index is 0.238. The molecule has 0 fully saturated rings. The third kappa shape index (κ3) is 4.11. The van der Waals surface area contributed by atoms with E-state index in [-0.39, 0.29) is 17.7 Å². The molecule has 0 saturated heterocycles. The first-order valence-corrected chi connectivity index (χ1v) is 6.78. The molecule has 0 aliphatic carbocycles. The monoisotopic (exact) mass is 325 g/mol. The highest BCUT2D eigenvalue weighted by Gasteiger charge is 2.10. The summed E-state index contributed by atoms with van der Waals surface area (Å²) in [5.74, 6) is -0.552. The third-order valence-corrected chi connectivity index (χ3v) is 3.38. The number of rotatable bonds is 4. The predicted octanol–water partition coefficient (Wildman–Crippen LogP) is 3.84. The molecule has 100 valence electrons. The quantitative estimate of drug-likeness (QED) is 0.908. The minimum Gasteiger partial charge on any atom is -0.327 e. The molecule has 0 bridgehead atoms. The Morgan fingerprint density at radius 3 is 2.53 bits per heavy atom. The van der Waals surface area contributed by atoms with Gasteiger partial charge in [-0.05, 0) is 48.2 Å². The zero-order valence-corrected chi connectivity index (χ0v) is 11.8. The third-order valence-electron chi connectivity index (χ3n) is 2.88. The van der Waals surface area contributed by atoms with Gasteiger partial charge in [0.2, 0.25) is 0 Å². The standard InChI is InChI=1S/C15H14BrF2N/c16-12-5-4-11(15(18)9-12)8-14(19)7-10-2-1-3-13(17)6-10/h1-6,9,14H,7-8,19H2. The van der Waals surface area contributed by atoms with Gasteiger partial charge < -0.3 is 5.73 Å². The Morgan fingerprint density at radius 1 is 1.05 bits per heavy atom. The van der Waals surface area contributed by atoms with E-state index < -0.39 is 0 Å². The van der Waals surface area contributed by atoms with Gasteiger partial charge in [-0.1, -0.05) is 34.1 Å². The van der Waals surface area contributed by atoms with Crippen molar-refractivity contribution >= 4 is 15.9 Å². The molecule has 0 radical (unpaired) electrons. The summed E-state index contributed by atoms with van der Waals surface area (Å²) in [5.41, 5.74) is 7.39. The van der Waals surface area contributed by atoms with Crippen molar-refractivity contribution in [3.63, 3.8) is 0 Å². The molecule has 1 atom stereocenters. The summed E-state index contributed by atoms with van der Waals surface area (Å²) in [6.45, 7) is 0. The molecule has 0 heterocycles. The van der Waals surface area contributed by atoms with Crippen LogP contribution in [0.5, 0.6) is 0 Å². The van der Waals surface area contributed by atoms with Crippen molar-refractivity contribution < 1.29 is 8.78 Å².